The van der Waals surface area contributed by atoms with Crippen LogP contribution in [0.25, 0.3) is 0 Å². The lowest BCUT2D eigenvalue weighted by molar-refractivity contribution is -0.686. The maximum absolute atomic E-state index is 12.1. The summed E-state index contributed by atoms with van der Waals surface area (Å²) in [6, 6.07) is 0. The summed E-state index contributed by atoms with van der Waals surface area (Å²) in [4.78, 5) is 15.3. The lowest BCUT2D eigenvalue weighted by Crippen LogP contribution is -3.00. The highest BCUT2D eigenvalue weighted by molar-refractivity contribution is 7.99. The molecule has 2 heterocycles. The fourth-order valence-corrected chi connectivity index (χ4v) is 3.89. The molecule has 108 valence electrons. The molecular formula is C12H19ClN2O2S2. The van der Waals surface area contributed by atoms with Crippen molar-refractivity contribution in [3.8, 4) is 0 Å². The number of carbonyl (C=O) groups excluding carboxylic acids is 1. The first-order chi connectivity index (χ1) is 8.72. The van der Waals surface area contributed by atoms with Crippen LogP contribution in [0, 0.1) is 6.92 Å². The van der Waals surface area contributed by atoms with Crippen LogP contribution in [0.15, 0.2) is 5.51 Å². The molecule has 19 heavy (non-hydrogen) atoms. The van der Waals surface area contributed by atoms with Crippen LogP contribution in [0.1, 0.15) is 10.6 Å². The molecule has 1 aliphatic rings. The number of carbonyl (C=O) groups is 1. The Balaban J connectivity index is 0.00000180. The van der Waals surface area contributed by atoms with E-state index in [-0.39, 0.29) is 24.9 Å². The first kappa shape index (κ1) is 16.8. The van der Waals surface area contributed by atoms with Crippen molar-refractivity contribution in [2.24, 2.45) is 0 Å². The standard InChI is InChI=1S/C12H19N2O2S2.ClH/c1-10-11(2-5-15)18-9-14(10)8-12(16)13-3-6-17-7-4-13;/h9,15H,2-8H2,1H3;1H/q+1;/p-1. The summed E-state index contributed by atoms with van der Waals surface area (Å²) >= 11 is 3.53. The van der Waals surface area contributed by atoms with E-state index in [1.54, 1.807) is 11.3 Å². The van der Waals surface area contributed by atoms with Gasteiger partial charge in [0.15, 0.2) is 5.69 Å². The van der Waals surface area contributed by atoms with Crippen LogP contribution in [0.2, 0.25) is 0 Å². The molecule has 1 N–H and O–H groups in total. The van der Waals surface area contributed by atoms with Crippen molar-refractivity contribution in [3.63, 3.8) is 0 Å². The van der Waals surface area contributed by atoms with Gasteiger partial charge in [0, 0.05) is 44.5 Å². The molecule has 0 aromatic carbocycles. The quantitative estimate of drug-likeness (QED) is 0.621. The van der Waals surface area contributed by atoms with Crippen molar-refractivity contribution in [2.75, 3.05) is 31.2 Å². The number of nitrogens with zero attached hydrogens (tertiary/aromatic N) is 2. The third-order valence-electron chi connectivity index (χ3n) is 3.16. The van der Waals surface area contributed by atoms with E-state index in [1.165, 1.54) is 4.88 Å². The highest BCUT2D eigenvalue weighted by atomic mass is 35.5. The van der Waals surface area contributed by atoms with Gasteiger partial charge in [0.25, 0.3) is 5.91 Å². The summed E-state index contributed by atoms with van der Waals surface area (Å²) < 4.78 is 2.00. The van der Waals surface area contributed by atoms with E-state index < -0.39 is 0 Å². The monoisotopic (exact) mass is 322 g/mol. The van der Waals surface area contributed by atoms with Crippen molar-refractivity contribution in [1.82, 2.24) is 4.90 Å². The van der Waals surface area contributed by atoms with Crippen LogP contribution in [0.3, 0.4) is 0 Å². The summed E-state index contributed by atoms with van der Waals surface area (Å²) in [7, 11) is 0. The Labute approximate surface area is 128 Å². The first-order valence-electron chi connectivity index (χ1n) is 6.15. The Morgan fingerprint density at radius 1 is 1.47 bits per heavy atom. The highest BCUT2D eigenvalue weighted by Crippen LogP contribution is 2.12. The van der Waals surface area contributed by atoms with Crippen LogP contribution in [-0.4, -0.2) is 47.1 Å². The molecule has 0 unspecified atom stereocenters. The van der Waals surface area contributed by atoms with Gasteiger partial charge in [-0.3, -0.25) is 4.79 Å². The molecule has 1 fully saturated rings. The molecule has 1 amide bonds. The van der Waals surface area contributed by atoms with Gasteiger partial charge in [-0.05, 0) is 0 Å². The van der Waals surface area contributed by atoms with E-state index >= 15 is 0 Å². The first-order valence-corrected chi connectivity index (χ1v) is 8.18. The summed E-state index contributed by atoms with van der Waals surface area (Å²) in [5.41, 5.74) is 3.09. The minimum absolute atomic E-state index is 0. The van der Waals surface area contributed by atoms with Crippen molar-refractivity contribution in [1.29, 1.82) is 0 Å². The molecule has 2 rings (SSSR count). The van der Waals surface area contributed by atoms with Gasteiger partial charge in [-0.2, -0.15) is 16.3 Å². The normalized spacial score (nSPS) is 15.2. The molecule has 0 aliphatic carbocycles. The summed E-state index contributed by atoms with van der Waals surface area (Å²) in [5, 5.41) is 8.96. The lowest BCUT2D eigenvalue weighted by atomic mass is 10.3. The second-order valence-corrected chi connectivity index (χ2v) is 6.49. The molecule has 0 radical (unpaired) electrons. The summed E-state index contributed by atoms with van der Waals surface area (Å²) in [6.45, 7) is 4.35. The highest BCUT2D eigenvalue weighted by Gasteiger charge is 2.23. The zero-order valence-electron chi connectivity index (χ0n) is 11.0. The van der Waals surface area contributed by atoms with Gasteiger partial charge in [0.2, 0.25) is 12.1 Å². The van der Waals surface area contributed by atoms with Gasteiger partial charge < -0.3 is 22.4 Å². The molecule has 0 saturated carbocycles. The smallest absolute Gasteiger partial charge is 0.288 e. The number of aromatic nitrogens is 1. The van der Waals surface area contributed by atoms with Crippen molar-refractivity contribution < 1.29 is 26.9 Å². The summed E-state index contributed by atoms with van der Waals surface area (Å²) in [6.07, 6.45) is 0.679. The number of thiazole rings is 1. The van der Waals surface area contributed by atoms with Crippen molar-refractivity contribution in [2.45, 2.75) is 19.9 Å². The molecule has 0 bridgehead atoms. The Bertz CT molecular complexity index is 420. The van der Waals surface area contributed by atoms with Crippen LogP contribution in [0.4, 0.5) is 0 Å². The number of aliphatic hydroxyl groups is 1. The van der Waals surface area contributed by atoms with E-state index in [9.17, 15) is 4.79 Å². The van der Waals surface area contributed by atoms with Gasteiger partial charge >= 0.3 is 0 Å². The topological polar surface area (TPSA) is 44.4 Å². The van der Waals surface area contributed by atoms with E-state index in [4.69, 9.17) is 5.11 Å². The predicted molar refractivity (Wildman–Crippen MR) is 73.9 cm³/mol. The Hall–Kier alpha value is -0.300. The Morgan fingerprint density at radius 2 is 2.16 bits per heavy atom. The van der Waals surface area contributed by atoms with E-state index in [2.05, 4.69) is 0 Å². The number of thioether (sulfide) groups is 1. The fourth-order valence-electron chi connectivity index (χ4n) is 2.01. The third-order valence-corrected chi connectivity index (χ3v) is 5.25. The Morgan fingerprint density at radius 3 is 2.79 bits per heavy atom. The number of hydrogen-bond acceptors (Lipinski definition) is 4. The third kappa shape index (κ3) is 4.34. The molecule has 1 aromatic rings. The average molecular weight is 323 g/mol. The molecule has 4 nitrogen and oxygen atoms in total. The molecule has 1 saturated heterocycles. The van der Waals surface area contributed by atoms with Crippen LogP contribution in [0.5, 0.6) is 0 Å². The summed E-state index contributed by atoms with van der Waals surface area (Å²) in [5.74, 6) is 2.31. The van der Waals surface area contributed by atoms with Gasteiger partial charge in [0.1, 0.15) is 0 Å². The fraction of sp³-hybridized carbons (Fsp3) is 0.667. The maximum atomic E-state index is 12.1. The zero-order valence-corrected chi connectivity index (χ0v) is 13.4. The number of aliphatic hydroxyl groups excluding tert-OH is 1. The molecule has 1 aliphatic heterocycles. The second kappa shape index (κ2) is 8.09. The van der Waals surface area contributed by atoms with Crippen LogP contribution in [-0.2, 0) is 17.8 Å². The molecule has 1 aromatic heterocycles. The SMILES string of the molecule is Cc1c(CCO)sc[n+]1CC(=O)N1CCSCC1.[Cl-]. The maximum Gasteiger partial charge on any atom is 0.288 e. The van der Waals surface area contributed by atoms with Gasteiger partial charge in [-0.15, -0.1) is 0 Å². The number of halogens is 1. The second-order valence-electron chi connectivity index (χ2n) is 4.33. The van der Waals surface area contributed by atoms with E-state index in [0.29, 0.717) is 13.0 Å². The number of rotatable bonds is 4. The van der Waals surface area contributed by atoms with Crippen LogP contribution >= 0.6 is 23.1 Å². The number of amides is 1. The van der Waals surface area contributed by atoms with Crippen molar-refractivity contribution in [3.05, 3.63) is 16.1 Å². The molecular weight excluding hydrogens is 304 g/mol. The predicted octanol–water partition coefficient (Wildman–Crippen LogP) is -2.54. The molecule has 0 spiro atoms. The molecule has 0 atom stereocenters. The molecule has 7 heteroatoms. The minimum atomic E-state index is 0. The number of hydrogen-bond donors (Lipinski definition) is 1. The van der Waals surface area contributed by atoms with E-state index in [1.807, 2.05) is 33.7 Å². The van der Waals surface area contributed by atoms with Gasteiger partial charge in [-0.25, -0.2) is 0 Å². The van der Waals surface area contributed by atoms with Crippen molar-refractivity contribution >= 4 is 29.0 Å². The van der Waals surface area contributed by atoms with Gasteiger partial charge in [0.05, 0.1) is 4.88 Å². The van der Waals surface area contributed by atoms with E-state index in [0.717, 1.165) is 30.3 Å². The average Bonchev–Trinajstić information content (AvgIpc) is 2.73. The largest absolute Gasteiger partial charge is 1.00 e. The Kier molecular flexibility index (Phi) is 7.13. The zero-order chi connectivity index (χ0) is 13.0. The van der Waals surface area contributed by atoms with Gasteiger partial charge in [-0.1, -0.05) is 11.3 Å². The van der Waals surface area contributed by atoms with Crippen LogP contribution < -0.4 is 17.0 Å². The minimum Gasteiger partial charge on any atom is -1.00 e. The lowest BCUT2D eigenvalue weighted by Gasteiger charge is -2.25.